The molecule has 0 saturated heterocycles. The number of imidazole rings is 1. The average molecular weight is 673 g/mol. The number of carbonyl (C=O) groups excluding carboxylic acids is 3. The number of likely N-dealkylation sites (N-methyl/N-ethyl adjacent to an activating group) is 1. The summed E-state index contributed by atoms with van der Waals surface area (Å²) in [5.41, 5.74) is 6.00. The van der Waals surface area contributed by atoms with Crippen molar-refractivity contribution in [3.05, 3.63) is 81.2 Å². The molecule has 0 N–H and O–H groups in total. The van der Waals surface area contributed by atoms with Gasteiger partial charge in [-0.3, -0.25) is 9.59 Å². The molecular formula is C36H41ClN6O5. The lowest BCUT2D eigenvalue weighted by Gasteiger charge is -2.29. The Kier molecular flexibility index (Phi) is 8.95. The molecule has 11 nitrogen and oxygen atoms in total. The van der Waals surface area contributed by atoms with Crippen molar-refractivity contribution in [3.63, 3.8) is 0 Å². The van der Waals surface area contributed by atoms with E-state index in [-0.39, 0.29) is 30.7 Å². The number of Topliss-reactive ketones (excluding diaryl/α,β-unsaturated/α-hetero) is 1. The van der Waals surface area contributed by atoms with Crippen molar-refractivity contribution < 1.29 is 23.5 Å². The van der Waals surface area contributed by atoms with E-state index in [4.69, 9.17) is 25.7 Å². The van der Waals surface area contributed by atoms with Gasteiger partial charge in [-0.25, -0.2) is 14.8 Å². The highest BCUT2D eigenvalue weighted by molar-refractivity contribution is 6.34. The molecule has 0 unspecified atom stereocenters. The van der Waals surface area contributed by atoms with Crippen molar-refractivity contribution in [1.82, 2.24) is 29.2 Å². The standard InChI is InChI=1S/C36H41ClN6O5/c1-21-23(11-9-12-24(21)34-39-27-18-43(19-30(27)47-34)31(45)20-40(5)6)25-13-8-10-22(32(25)37)16-29(44)33-38-26-17-42(15-14-28(26)41(33)7)35(46)48-36(2,3)4/h8-13H,14-20H2,1-7H3. The van der Waals surface area contributed by atoms with Gasteiger partial charge in [0.25, 0.3) is 0 Å². The summed E-state index contributed by atoms with van der Waals surface area (Å²) in [7, 11) is 5.58. The van der Waals surface area contributed by atoms with Gasteiger partial charge in [-0.15, -0.1) is 0 Å². The first kappa shape index (κ1) is 33.4. The molecule has 0 radical (unpaired) electrons. The Morgan fingerprint density at radius 2 is 1.65 bits per heavy atom. The van der Waals surface area contributed by atoms with Crippen LogP contribution in [0.3, 0.4) is 0 Å². The third kappa shape index (κ3) is 6.61. The Bertz CT molecular complexity index is 1900. The van der Waals surface area contributed by atoms with Crippen LogP contribution in [0.2, 0.25) is 5.02 Å². The zero-order chi connectivity index (χ0) is 34.5. The van der Waals surface area contributed by atoms with Crippen molar-refractivity contribution >= 4 is 29.4 Å². The minimum absolute atomic E-state index is 0.0354. The van der Waals surface area contributed by atoms with Crippen LogP contribution in [0.5, 0.6) is 0 Å². The maximum absolute atomic E-state index is 13.7. The van der Waals surface area contributed by atoms with Gasteiger partial charge in [-0.1, -0.05) is 41.9 Å². The molecule has 4 heterocycles. The first-order valence-electron chi connectivity index (χ1n) is 16.0. The summed E-state index contributed by atoms with van der Waals surface area (Å²) in [6, 6.07) is 11.6. The summed E-state index contributed by atoms with van der Waals surface area (Å²) in [4.78, 5) is 53.5. The van der Waals surface area contributed by atoms with Gasteiger partial charge >= 0.3 is 6.09 Å². The number of carbonyl (C=O) groups is 3. The Morgan fingerprint density at radius 1 is 0.958 bits per heavy atom. The molecule has 2 amide bonds. The average Bonchev–Trinajstić information content (AvgIpc) is 3.69. The lowest BCUT2D eigenvalue weighted by atomic mass is 9.94. The van der Waals surface area contributed by atoms with Gasteiger partial charge in [-0.2, -0.15) is 0 Å². The van der Waals surface area contributed by atoms with Crippen LogP contribution in [0.4, 0.5) is 4.79 Å². The molecule has 2 aromatic carbocycles. The molecule has 4 aromatic rings. The lowest BCUT2D eigenvalue weighted by molar-refractivity contribution is -0.132. The Labute approximate surface area is 285 Å². The molecule has 2 aliphatic heterocycles. The van der Waals surface area contributed by atoms with E-state index < -0.39 is 5.60 Å². The van der Waals surface area contributed by atoms with E-state index in [0.717, 1.165) is 33.6 Å². The van der Waals surface area contributed by atoms with Crippen molar-refractivity contribution in [2.45, 2.75) is 65.8 Å². The summed E-state index contributed by atoms with van der Waals surface area (Å²) < 4.78 is 13.6. The van der Waals surface area contributed by atoms with Crippen molar-refractivity contribution in [1.29, 1.82) is 0 Å². The van der Waals surface area contributed by atoms with E-state index in [1.807, 2.05) is 94.7 Å². The van der Waals surface area contributed by atoms with Gasteiger partial charge < -0.3 is 28.4 Å². The lowest BCUT2D eigenvalue weighted by Crippen LogP contribution is -2.40. The maximum Gasteiger partial charge on any atom is 0.410 e. The normalized spacial score (nSPS) is 14.4. The molecule has 0 atom stereocenters. The summed E-state index contributed by atoms with van der Waals surface area (Å²) in [6.45, 7) is 9.45. The third-order valence-corrected chi connectivity index (χ3v) is 9.14. The monoisotopic (exact) mass is 672 g/mol. The highest BCUT2D eigenvalue weighted by Crippen LogP contribution is 2.38. The minimum atomic E-state index is -0.594. The first-order chi connectivity index (χ1) is 22.7. The smallest absolute Gasteiger partial charge is 0.410 e. The second kappa shape index (κ2) is 12.9. The number of ether oxygens (including phenoxy) is 1. The fraction of sp³-hybridized carbons (Fsp3) is 0.417. The third-order valence-electron chi connectivity index (χ3n) is 8.70. The van der Waals surface area contributed by atoms with Crippen LogP contribution in [0.1, 0.15) is 65.4 Å². The van der Waals surface area contributed by atoms with Crippen LogP contribution in [0.25, 0.3) is 22.6 Å². The summed E-state index contributed by atoms with van der Waals surface area (Å²) in [5.74, 6) is 1.42. The largest absolute Gasteiger partial charge is 0.444 e. The quantitative estimate of drug-likeness (QED) is 0.226. The molecule has 6 rings (SSSR count). The molecule has 2 aliphatic rings. The Hall–Kier alpha value is -4.48. The number of rotatable bonds is 7. The number of benzene rings is 2. The van der Waals surface area contributed by atoms with Crippen LogP contribution in [-0.2, 0) is 49.1 Å². The highest BCUT2D eigenvalue weighted by Gasteiger charge is 2.32. The van der Waals surface area contributed by atoms with E-state index in [2.05, 4.69) is 4.98 Å². The van der Waals surface area contributed by atoms with Crippen molar-refractivity contribution in [2.75, 3.05) is 27.2 Å². The molecular weight excluding hydrogens is 632 g/mol. The highest BCUT2D eigenvalue weighted by atomic mass is 35.5. The topological polar surface area (TPSA) is 114 Å². The fourth-order valence-electron chi connectivity index (χ4n) is 6.30. The SMILES string of the molecule is Cc1c(-c2nc3c(o2)CN(C(=O)CN(C)C)C3)cccc1-c1cccc(CC(=O)c2nc3c(n2C)CCN(C(=O)OC(C)(C)C)C3)c1Cl. The summed E-state index contributed by atoms with van der Waals surface area (Å²) in [5, 5.41) is 0.492. The van der Waals surface area contributed by atoms with Gasteiger partial charge in [0.1, 0.15) is 17.1 Å². The number of ketones is 1. The van der Waals surface area contributed by atoms with Gasteiger partial charge in [0.2, 0.25) is 17.6 Å². The van der Waals surface area contributed by atoms with Crippen LogP contribution in [0.15, 0.2) is 40.8 Å². The first-order valence-corrected chi connectivity index (χ1v) is 16.4. The molecule has 0 spiro atoms. The molecule has 48 heavy (non-hydrogen) atoms. The van der Waals surface area contributed by atoms with Crippen LogP contribution >= 0.6 is 11.6 Å². The maximum atomic E-state index is 13.7. The van der Waals surface area contributed by atoms with Crippen molar-refractivity contribution in [2.24, 2.45) is 7.05 Å². The van der Waals surface area contributed by atoms with Crippen LogP contribution < -0.4 is 0 Å². The van der Waals surface area contributed by atoms with E-state index in [0.29, 0.717) is 66.4 Å². The number of hydrogen-bond donors (Lipinski definition) is 0. The van der Waals surface area contributed by atoms with Gasteiger partial charge in [-0.05, 0) is 64.5 Å². The summed E-state index contributed by atoms with van der Waals surface area (Å²) >= 11 is 7.02. The van der Waals surface area contributed by atoms with Crippen LogP contribution in [-0.4, -0.2) is 79.8 Å². The van der Waals surface area contributed by atoms with E-state index >= 15 is 0 Å². The Balaban J connectivity index is 1.20. The number of nitrogens with zero attached hydrogens (tertiary/aromatic N) is 6. The number of aromatic nitrogens is 3. The molecule has 0 fully saturated rings. The van der Waals surface area contributed by atoms with Crippen molar-refractivity contribution in [3.8, 4) is 22.6 Å². The van der Waals surface area contributed by atoms with Gasteiger partial charge in [0.05, 0.1) is 36.9 Å². The molecule has 0 aliphatic carbocycles. The molecule has 12 heteroatoms. The van der Waals surface area contributed by atoms with Gasteiger partial charge in [0, 0.05) is 43.3 Å². The molecule has 0 saturated carbocycles. The predicted molar refractivity (Wildman–Crippen MR) is 182 cm³/mol. The van der Waals surface area contributed by atoms with Crippen LogP contribution in [0, 0.1) is 6.92 Å². The number of halogens is 1. The fourth-order valence-corrected chi connectivity index (χ4v) is 6.59. The minimum Gasteiger partial charge on any atom is -0.444 e. The number of oxazole rings is 1. The Morgan fingerprint density at radius 3 is 2.35 bits per heavy atom. The molecule has 2 aromatic heterocycles. The molecule has 252 valence electrons. The second-order valence-electron chi connectivity index (χ2n) is 13.8. The number of fused-ring (bicyclic) bond motifs is 2. The van der Waals surface area contributed by atoms with E-state index in [1.54, 1.807) is 9.80 Å². The number of hydrogen-bond acceptors (Lipinski definition) is 8. The van der Waals surface area contributed by atoms with E-state index in [9.17, 15) is 14.4 Å². The molecule has 0 bridgehead atoms. The number of amides is 2. The summed E-state index contributed by atoms with van der Waals surface area (Å²) in [6.07, 6.45) is 0.262. The predicted octanol–water partition coefficient (Wildman–Crippen LogP) is 5.83. The second-order valence-corrected chi connectivity index (χ2v) is 14.2. The van der Waals surface area contributed by atoms with E-state index in [1.165, 1.54) is 0 Å². The van der Waals surface area contributed by atoms with Gasteiger partial charge in [0.15, 0.2) is 5.82 Å². The zero-order valence-corrected chi connectivity index (χ0v) is 29.3. The zero-order valence-electron chi connectivity index (χ0n) is 28.5.